The highest BCUT2D eigenvalue weighted by molar-refractivity contribution is 5.77. The number of amides is 2. The van der Waals surface area contributed by atoms with Gasteiger partial charge < -0.3 is 20.5 Å². The van der Waals surface area contributed by atoms with Gasteiger partial charge >= 0.3 is 12.0 Å². The summed E-state index contributed by atoms with van der Waals surface area (Å²) in [5.74, 6) is -0.698. The summed E-state index contributed by atoms with van der Waals surface area (Å²) < 4.78 is 5.52. The number of hydrogen-bond donors (Lipinski definition) is 3. The molecule has 0 aromatic rings. The van der Waals surface area contributed by atoms with E-state index in [1.165, 1.54) is 0 Å². The van der Waals surface area contributed by atoms with Crippen LogP contribution in [0.3, 0.4) is 0 Å². The van der Waals surface area contributed by atoms with Gasteiger partial charge in [0.1, 0.15) is 0 Å². The molecule has 0 aromatic heterocycles. The number of urea groups is 1. The van der Waals surface area contributed by atoms with Gasteiger partial charge in [-0.3, -0.25) is 4.79 Å². The molecule has 2 saturated carbocycles. The summed E-state index contributed by atoms with van der Waals surface area (Å²) in [6, 6.07) is -0.539. The number of carboxylic acid groups (broad SMARTS) is 1. The molecule has 0 heterocycles. The summed E-state index contributed by atoms with van der Waals surface area (Å²) in [6.45, 7) is 6.71. The summed E-state index contributed by atoms with van der Waals surface area (Å²) in [6.07, 6.45) is 2.91. The number of nitrogens with one attached hydrogen (secondary N) is 2. The van der Waals surface area contributed by atoms with Crippen molar-refractivity contribution in [3.63, 3.8) is 0 Å². The summed E-state index contributed by atoms with van der Waals surface area (Å²) in [5, 5.41) is 15.0. The maximum atomic E-state index is 12.0. The van der Waals surface area contributed by atoms with Crippen LogP contribution in [0.2, 0.25) is 0 Å². The number of fused-ring (bicyclic) bond motifs is 2. The zero-order valence-corrected chi connectivity index (χ0v) is 13.0. The molecule has 2 amide bonds. The Kier molecular flexibility index (Phi) is 4.76. The van der Waals surface area contributed by atoms with Gasteiger partial charge in [0.2, 0.25) is 0 Å². The quantitative estimate of drug-likeness (QED) is 0.695. The number of aliphatic carboxylic acids is 1. The second-order valence-corrected chi connectivity index (χ2v) is 6.74. The molecule has 4 unspecified atom stereocenters. The Balaban J connectivity index is 1.86. The van der Waals surface area contributed by atoms with Crippen LogP contribution in [-0.2, 0) is 9.53 Å². The van der Waals surface area contributed by atoms with E-state index >= 15 is 0 Å². The van der Waals surface area contributed by atoms with Crippen molar-refractivity contribution in [2.24, 2.45) is 17.8 Å². The van der Waals surface area contributed by atoms with Crippen LogP contribution in [0.15, 0.2) is 0 Å². The maximum absolute atomic E-state index is 12.0. The molecule has 120 valence electrons. The van der Waals surface area contributed by atoms with E-state index in [0.717, 1.165) is 19.3 Å². The molecule has 0 radical (unpaired) electrons. The van der Waals surface area contributed by atoms with Crippen molar-refractivity contribution in [3.8, 4) is 0 Å². The first-order valence-electron chi connectivity index (χ1n) is 7.75. The fourth-order valence-electron chi connectivity index (χ4n) is 3.79. The average Bonchev–Trinajstić information content (AvgIpc) is 2.97. The van der Waals surface area contributed by atoms with Crippen LogP contribution in [0, 0.1) is 17.8 Å². The van der Waals surface area contributed by atoms with Crippen LogP contribution in [0.25, 0.3) is 0 Å². The predicted molar refractivity (Wildman–Crippen MR) is 78.0 cm³/mol. The molecule has 2 aliphatic rings. The zero-order chi connectivity index (χ0) is 15.6. The van der Waals surface area contributed by atoms with Gasteiger partial charge in [-0.25, -0.2) is 4.79 Å². The first kappa shape index (κ1) is 16.1. The van der Waals surface area contributed by atoms with E-state index in [2.05, 4.69) is 10.6 Å². The molecule has 6 heteroatoms. The van der Waals surface area contributed by atoms with E-state index in [4.69, 9.17) is 4.74 Å². The molecule has 0 aromatic carbocycles. The molecule has 2 bridgehead atoms. The Bertz CT molecular complexity index is 410. The highest BCUT2D eigenvalue weighted by Crippen LogP contribution is 2.48. The predicted octanol–water partition coefficient (Wildman–Crippen LogP) is 1.60. The summed E-state index contributed by atoms with van der Waals surface area (Å²) in [7, 11) is 0. The Morgan fingerprint density at radius 2 is 1.95 bits per heavy atom. The van der Waals surface area contributed by atoms with Crippen molar-refractivity contribution in [1.29, 1.82) is 0 Å². The van der Waals surface area contributed by atoms with Crippen LogP contribution in [0.5, 0.6) is 0 Å². The van der Waals surface area contributed by atoms with Gasteiger partial charge in [-0.2, -0.15) is 0 Å². The summed E-state index contributed by atoms with van der Waals surface area (Å²) >= 11 is 0. The van der Waals surface area contributed by atoms with Crippen molar-refractivity contribution in [2.75, 3.05) is 13.2 Å². The number of carboxylic acids is 1. The van der Waals surface area contributed by atoms with E-state index in [-0.39, 0.29) is 18.0 Å². The maximum Gasteiger partial charge on any atom is 0.315 e. The first-order chi connectivity index (χ1) is 9.84. The molecule has 21 heavy (non-hydrogen) atoms. The minimum atomic E-state index is -0.790. The summed E-state index contributed by atoms with van der Waals surface area (Å²) in [5.41, 5.74) is -0.424. The fourth-order valence-corrected chi connectivity index (χ4v) is 3.79. The molecule has 0 saturated heterocycles. The first-order valence-corrected chi connectivity index (χ1v) is 7.75. The highest BCUT2D eigenvalue weighted by atomic mass is 16.5. The van der Waals surface area contributed by atoms with Crippen molar-refractivity contribution in [3.05, 3.63) is 0 Å². The topological polar surface area (TPSA) is 87.7 Å². The van der Waals surface area contributed by atoms with Gasteiger partial charge in [-0.05, 0) is 51.9 Å². The molecule has 2 fully saturated rings. The number of carbonyl (C=O) groups is 2. The SMILES string of the molecule is CCOC(C)(C)CNC(=O)NC1C2CCC(C2)C1C(=O)O. The van der Waals surface area contributed by atoms with Crippen LogP contribution < -0.4 is 10.6 Å². The van der Waals surface area contributed by atoms with Crippen LogP contribution >= 0.6 is 0 Å². The zero-order valence-electron chi connectivity index (χ0n) is 13.0. The lowest BCUT2D eigenvalue weighted by Gasteiger charge is -2.30. The smallest absolute Gasteiger partial charge is 0.315 e. The van der Waals surface area contributed by atoms with E-state index in [1.54, 1.807) is 0 Å². The van der Waals surface area contributed by atoms with Gasteiger partial charge in [0.15, 0.2) is 0 Å². The number of rotatable bonds is 6. The third-order valence-electron chi connectivity index (χ3n) is 4.71. The van der Waals surface area contributed by atoms with Gasteiger partial charge in [0.05, 0.1) is 11.5 Å². The molecule has 6 nitrogen and oxygen atoms in total. The van der Waals surface area contributed by atoms with Crippen molar-refractivity contribution in [2.45, 2.75) is 51.7 Å². The lowest BCUT2D eigenvalue weighted by atomic mass is 9.84. The van der Waals surface area contributed by atoms with Gasteiger partial charge in [-0.15, -0.1) is 0 Å². The lowest BCUT2D eigenvalue weighted by Crippen LogP contribution is -2.52. The molecule has 0 aliphatic heterocycles. The third-order valence-corrected chi connectivity index (χ3v) is 4.71. The molecule has 2 aliphatic carbocycles. The normalized spacial score (nSPS) is 31.2. The van der Waals surface area contributed by atoms with Crippen molar-refractivity contribution >= 4 is 12.0 Å². The fraction of sp³-hybridized carbons (Fsp3) is 0.867. The Morgan fingerprint density at radius 1 is 1.29 bits per heavy atom. The number of hydrogen-bond acceptors (Lipinski definition) is 3. The van der Waals surface area contributed by atoms with Crippen molar-refractivity contribution in [1.82, 2.24) is 10.6 Å². The minimum Gasteiger partial charge on any atom is -0.481 e. The second-order valence-electron chi connectivity index (χ2n) is 6.74. The van der Waals surface area contributed by atoms with Crippen LogP contribution in [0.4, 0.5) is 4.79 Å². The van der Waals surface area contributed by atoms with E-state index in [1.807, 2.05) is 20.8 Å². The molecular formula is C15H26N2O4. The van der Waals surface area contributed by atoms with Crippen molar-refractivity contribution < 1.29 is 19.4 Å². The molecule has 2 rings (SSSR count). The lowest BCUT2D eigenvalue weighted by molar-refractivity contribution is -0.144. The van der Waals surface area contributed by atoms with E-state index in [9.17, 15) is 14.7 Å². The van der Waals surface area contributed by atoms with Crippen LogP contribution in [-0.4, -0.2) is 41.9 Å². The Hall–Kier alpha value is -1.30. The molecule has 0 spiro atoms. The highest BCUT2D eigenvalue weighted by Gasteiger charge is 2.51. The molecule has 3 N–H and O–H groups in total. The largest absolute Gasteiger partial charge is 0.481 e. The van der Waals surface area contributed by atoms with E-state index in [0.29, 0.717) is 19.1 Å². The van der Waals surface area contributed by atoms with Crippen LogP contribution in [0.1, 0.15) is 40.0 Å². The standard InChI is InChI=1S/C15H26N2O4/c1-4-21-15(2,3)8-16-14(20)17-12-10-6-5-9(7-10)11(12)13(18)19/h9-12H,4-8H2,1-3H3,(H,18,19)(H2,16,17,20). The average molecular weight is 298 g/mol. The van der Waals surface area contributed by atoms with E-state index < -0.39 is 17.5 Å². The number of ether oxygens (including phenoxy) is 1. The second kappa shape index (κ2) is 6.22. The minimum absolute atomic E-state index is 0.220. The Labute approximate surface area is 125 Å². The van der Waals surface area contributed by atoms with Gasteiger partial charge in [-0.1, -0.05) is 0 Å². The van der Waals surface area contributed by atoms with Gasteiger partial charge in [0.25, 0.3) is 0 Å². The monoisotopic (exact) mass is 298 g/mol. The third kappa shape index (κ3) is 3.67. The Morgan fingerprint density at radius 3 is 2.57 bits per heavy atom. The van der Waals surface area contributed by atoms with Gasteiger partial charge in [0, 0.05) is 19.2 Å². The molecule has 4 atom stereocenters. The molecular weight excluding hydrogens is 272 g/mol. The summed E-state index contributed by atoms with van der Waals surface area (Å²) in [4.78, 5) is 23.4. The number of carbonyl (C=O) groups excluding carboxylic acids is 1.